The summed E-state index contributed by atoms with van der Waals surface area (Å²) in [6.45, 7) is 6.23. The summed E-state index contributed by atoms with van der Waals surface area (Å²) in [7, 11) is 2.13. The highest BCUT2D eigenvalue weighted by Crippen LogP contribution is 2.17. The van der Waals surface area contributed by atoms with Gasteiger partial charge in [-0.15, -0.1) is 0 Å². The van der Waals surface area contributed by atoms with Crippen LogP contribution in [0.2, 0.25) is 5.02 Å². The molecular weight excluding hydrogens is 335 g/mol. The first-order valence-electron chi connectivity index (χ1n) is 5.46. The normalized spacial score (nSPS) is 11.1. The van der Waals surface area contributed by atoms with Gasteiger partial charge >= 0.3 is 0 Å². The highest BCUT2D eigenvalue weighted by Gasteiger charge is 2.00. The molecule has 0 bridgehead atoms. The Bertz CT molecular complexity index is 331. The van der Waals surface area contributed by atoms with Gasteiger partial charge in [0.25, 0.3) is 0 Å². The Labute approximate surface area is 116 Å². The SMILES string of the molecule is CCN(C)CCNCc1cc(Cl)ccc1I. The van der Waals surface area contributed by atoms with Crippen molar-refractivity contribution in [2.45, 2.75) is 13.5 Å². The quantitative estimate of drug-likeness (QED) is 0.625. The van der Waals surface area contributed by atoms with Gasteiger partial charge in [0.2, 0.25) is 0 Å². The highest BCUT2D eigenvalue weighted by atomic mass is 127. The van der Waals surface area contributed by atoms with Gasteiger partial charge in [-0.25, -0.2) is 0 Å². The minimum Gasteiger partial charge on any atom is -0.311 e. The molecule has 0 saturated heterocycles. The Morgan fingerprint density at radius 1 is 1.44 bits per heavy atom. The summed E-state index contributed by atoms with van der Waals surface area (Å²) in [5.41, 5.74) is 1.27. The van der Waals surface area contributed by atoms with Crippen LogP contribution in [0, 0.1) is 3.57 Å². The predicted octanol–water partition coefficient (Wildman–Crippen LogP) is 2.99. The number of benzene rings is 1. The minimum absolute atomic E-state index is 0.808. The lowest BCUT2D eigenvalue weighted by Gasteiger charge is -2.14. The van der Waals surface area contributed by atoms with E-state index in [1.54, 1.807) is 0 Å². The van der Waals surface area contributed by atoms with Crippen LogP contribution in [0.5, 0.6) is 0 Å². The van der Waals surface area contributed by atoms with Gasteiger partial charge < -0.3 is 10.2 Å². The standard InChI is InChI=1S/C12H18ClIN2/c1-3-16(2)7-6-15-9-10-8-11(13)4-5-12(10)14/h4-5,8,15H,3,6-7,9H2,1-2H3. The molecule has 0 atom stereocenters. The molecular formula is C12H18ClIN2. The Kier molecular flexibility index (Phi) is 6.65. The molecule has 1 N–H and O–H groups in total. The third-order valence-corrected chi connectivity index (χ3v) is 3.82. The Morgan fingerprint density at radius 2 is 2.19 bits per heavy atom. The maximum atomic E-state index is 5.96. The van der Waals surface area contributed by atoms with Gasteiger partial charge in [0, 0.05) is 28.2 Å². The van der Waals surface area contributed by atoms with Gasteiger partial charge in [-0.05, 0) is 59.9 Å². The lowest BCUT2D eigenvalue weighted by Crippen LogP contribution is -2.28. The van der Waals surface area contributed by atoms with Crippen molar-refractivity contribution in [2.24, 2.45) is 0 Å². The number of hydrogen-bond acceptors (Lipinski definition) is 2. The van der Waals surface area contributed by atoms with Gasteiger partial charge in [-0.3, -0.25) is 0 Å². The molecule has 0 saturated carbocycles. The van der Waals surface area contributed by atoms with Crippen LogP contribution >= 0.6 is 34.2 Å². The van der Waals surface area contributed by atoms with Crippen molar-refractivity contribution in [1.29, 1.82) is 0 Å². The van der Waals surface area contributed by atoms with E-state index in [1.165, 1.54) is 9.13 Å². The molecule has 0 aliphatic heterocycles. The van der Waals surface area contributed by atoms with E-state index in [4.69, 9.17) is 11.6 Å². The second-order valence-electron chi connectivity index (χ2n) is 3.81. The topological polar surface area (TPSA) is 15.3 Å². The predicted molar refractivity (Wildman–Crippen MR) is 79.0 cm³/mol. The smallest absolute Gasteiger partial charge is 0.0409 e. The number of rotatable bonds is 6. The fourth-order valence-electron chi connectivity index (χ4n) is 1.33. The van der Waals surface area contributed by atoms with Gasteiger partial charge in [-0.2, -0.15) is 0 Å². The first-order chi connectivity index (χ1) is 7.63. The monoisotopic (exact) mass is 352 g/mol. The Balaban J connectivity index is 2.34. The number of hydrogen-bond donors (Lipinski definition) is 1. The molecule has 1 rings (SSSR count). The summed E-state index contributed by atoms with van der Waals surface area (Å²) >= 11 is 8.30. The maximum Gasteiger partial charge on any atom is 0.0409 e. The molecule has 90 valence electrons. The number of halogens is 2. The lowest BCUT2D eigenvalue weighted by atomic mass is 10.2. The van der Waals surface area contributed by atoms with E-state index in [2.05, 4.69) is 52.8 Å². The summed E-state index contributed by atoms with van der Waals surface area (Å²) in [5.74, 6) is 0. The fraction of sp³-hybridized carbons (Fsp3) is 0.500. The molecule has 0 fully saturated rings. The van der Waals surface area contributed by atoms with Crippen molar-refractivity contribution >= 4 is 34.2 Å². The van der Waals surface area contributed by atoms with Crippen molar-refractivity contribution in [3.05, 3.63) is 32.4 Å². The van der Waals surface area contributed by atoms with E-state index in [-0.39, 0.29) is 0 Å². The Morgan fingerprint density at radius 3 is 2.88 bits per heavy atom. The van der Waals surface area contributed by atoms with Crippen LogP contribution in [0.1, 0.15) is 12.5 Å². The molecule has 0 unspecified atom stereocenters. The van der Waals surface area contributed by atoms with Crippen molar-refractivity contribution in [3.63, 3.8) is 0 Å². The molecule has 0 amide bonds. The van der Waals surface area contributed by atoms with Crippen LogP contribution in [0.15, 0.2) is 18.2 Å². The molecule has 0 aliphatic rings. The van der Waals surface area contributed by atoms with E-state index in [1.807, 2.05) is 12.1 Å². The van der Waals surface area contributed by atoms with E-state index < -0.39 is 0 Å². The molecule has 1 aromatic rings. The van der Waals surface area contributed by atoms with Gasteiger partial charge in [-0.1, -0.05) is 18.5 Å². The lowest BCUT2D eigenvalue weighted by molar-refractivity contribution is 0.349. The molecule has 0 spiro atoms. The minimum atomic E-state index is 0.808. The van der Waals surface area contributed by atoms with E-state index in [0.29, 0.717) is 0 Å². The van der Waals surface area contributed by atoms with Crippen LogP contribution in [0.4, 0.5) is 0 Å². The maximum absolute atomic E-state index is 5.96. The zero-order valence-electron chi connectivity index (χ0n) is 9.76. The largest absolute Gasteiger partial charge is 0.311 e. The summed E-state index contributed by atoms with van der Waals surface area (Å²) in [4.78, 5) is 2.29. The molecule has 0 heterocycles. The van der Waals surface area contributed by atoms with Crippen LogP contribution < -0.4 is 5.32 Å². The zero-order valence-corrected chi connectivity index (χ0v) is 12.7. The van der Waals surface area contributed by atoms with Crippen LogP contribution in [0.25, 0.3) is 0 Å². The van der Waals surface area contributed by atoms with Crippen molar-refractivity contribution in [2.75, 3.05) is 26.7 Å². The first kappa shape index (κ1) is 14.2. The average Bonchev–Trinajstić information content (AvgIpc) is 2.28. The third kappa shape index (κ3) is 4.99. The zero-order chi connectivity index (χ0) is 12.0. The van der Waals surface area contributed by atoms with Gasteiger partial charge in [0.15, 0.2) is 0 Å². The number of likely N-dealkylation sites (N-methyl/N-ethyl adjacent to an activating group) is 1. The van der Waals surface area contributed by atoms with E-state index in [0.717, 1.165) is 31.2 Å². The first-order valence-corrected chi connectivity index (χ1v) is 6.92. The van der Waals surface area contributed by atoms with Gasteiger partial charge in [0.1, 0.15) is 0 Å². The summed E-state index contributed by atoms with van der Waals surface area (Å²) in [6, 6.07) is 6.01. The molecule has 4 heteroatoms. The summed E-state index contributed by atoms with van der Waals surface area (Å²) in [6.07, 6.45) is 0. The second-order valence-corrected chi connectivity index (χ2v) is 5.41. The van der Waals surface area contributed by atoms with Crippen molar-refractivity contribution in [1.82, 2.24) is 10.2 Å². The molecule has 0 radical (unpaired) electrons. The van der Waals surface area contributed by atoms with Crippen LogP contribution in [-0.4, -0.2) is 31.6 Å². The molecule has 16 heavy (non-hydrogen) atoms. The highest BCUT2D eigenvalue weighted by molar-refractivity contribution is 14.1. The molecule has 0 aliphatic carbocycles. The fourth-order valence-corrected chi connectivity index (χ4v) is 2.05. The summed E-state index contributed by atoms with van der Waals surface area (Å²) < 4.78 is 1.26. The third-order valence-electron chi connectivity index (χ3n) is 2.53. The number of nitrogens with zero attached hydrogens (tertiary/aromatic N) is 1. The molecule has 1 aromatic carbocycles. The average molecular weight is 353 g/mol. The summed E-state index contributed by atoms with van der Waals surface area (Å²) in [5, 5.41) is 4.24. The number of nitrogens with one attached hydrogen (secondary N) is 1. The Hall–Kier alpha value is 0.160. The molecule has 2 nitrogen and oxygen atoms in total. The van der Waals surface area contributed by atoms with Gasteiger partial charge in [0.05, 0.1) is 0 Å². The van der Waals surface area contributed by atoms with Crippen molar-refractivity contribution < 1.29 is 0 Å². The second kappa shape index (κ2) is 7.48. The van der Waals surface area contributed by atoms with Crippen LogP contribution in [-0.2, 0) is 6.54 Å². The van der Waals surface area contributed by atoms with Crippen LogP contribution in [0.3, 0.4) is 0 Å². The molecule has 0 aromatic heterocycles. The van der Waals surface area contributed by atoms with E-state index in [9.17, 15) is 0 Å². The van der Waals surface area contributed by atoms with E-state index >= 15 is 0 Å². The van der Waals surface area contributed by atoms with Crippen molar-refractivity contribution in [3.8, 4) is 0 Å².